The molecule has 14 heteroatoms. The van der Waals surface area contributed by atoms with Crippen molar-refractivity contribution in [2.75, 3.05) is 24.3 Å². The summed E-state index contributed by atoms with van der Waals surface area (Å²) in [6.45, 7) is 9.15. The summed E-state index contributed by atoms with van der Waals surface area (Å²) < 4.78 is 21.6. The SMILES string of the molecule is CCOC(=O)c1nnsc1N.CCOC(=O)c1nnsc1NC(=O)OC(C)(C)C. The summed E-state index contributed by atoms with van der Waals surface area (Å²) in [6, 6.07) is 0. The van der Waals surface area contributed by atoms with Gasteiger partial charge in [-0.15, -0.1) is 10.2 Å². The number of hydrogen-bond donors (Lipinski definition) is 2. The van der Waals surface area contributed by atoms with Gasteiger partial charge in [0.25, 0.3) is 0 Å². The molecular formula is C15H22N6O6S2. The van der Waals surface area contributed by atoms with Crippen LogP contribution in [-0.4, -0.2) is 56.0 Å². The molecule has 29 heavy (non-hydrogen) atoms. The molecular weight excluding hydrogens is 424 g/mol. The molecule has 12 nitrogen and oxygen atoms in total. The fraction of sp³-hybridized carbons (Fsp3) is 0.533. The van der Waals surface area contributed by atoms with Crippen molar-refractivity contribution >= 4 is 51.1 Å². The van der Waals surface area contributed by atoms with Gasteiger partial charge in [-0.2, -0.15) is 0 Å². The van der Waals surface area contributed by atoms with Crippen molar-refractivity contribution in [1.82, 2.24) is 19.2 Å². The molecule has 2 heterocycles. The normalized spacial score (nSPS) is 10.4. The molecule has 0 unspecified atom stereocenters. The molecule has 0 aliphatic rings. The topological polar surface area (TPSA) is 169 Å². The predicted octanol–water partition coefficient (Wildman–Crippen LogP) is 2.36. The minimum absolute atomic E-state index is 0.0206. The van der Waals surface area contributed by atoms with Gasteiger partial charge in [0.2, 0.25) is 11.4 Å². The van der Waals surface area contributed by atoms with Crippen molar-refractivity contribution in [2.45, 2.75) is 40.2 Å². The molecule has 0 aliphatic carbocycles. The fourth-order valence-corrected chi connectivity index (χ4v) is 2.51. The summed E-state index contributed by atoms with van der Waals surface area (Å²) >= 11 is 1.86. The average molecular weight is 447 g/mol. The van der Waals surface area contributed by atoms with Crippen LogP contribution in [0.3, 0.4) is 0 Å². The standard InChI is InChI=1S/C10H15N3O4S.C5H7N3O2S/c1-5-16-8(14)6-7(18-13-12-6)11-9(15)17-10(2,3)4;1-2-10-5(9)3-4(6)11-8-7-3/h5H2,1-4H3,(H,11,15);2,6H2,1H3. The number of amides is 1. The lowest BCUT2D eigenvalue weighted by Gasteiger charge is -2.19. The van der Waals surface area contributed by atoms with Crippen LogP contribution >= 0.6 is 23.1 Å². The zero-order valence-electron chi connectivity index (χ0n) is 16.5. The number of nitrogens with two attached hydrogens (primary N) is 1. The van der Waals surface area contributed by atoms with Crippen LogP contribution in [0.1, 0.15) is 55.6 Å². The third kappa shape index (κ3) is 8.35. The van der Waals surface area contributed by atoms with Gasteiger partial charge in [0, 0.05) is 23.1 Å². The minimum atomic E-state index is -0.668. The molecule has 0 atom stereocenters. The number of carbonyl (C=O) groups excluding carboxylic acids is 3. The van der Waals surface area contributed by atoms with Crippen LogP contribution in [0.4, 0.5) is 14.8 Å². The van der Waals surface area contributed by atoms with E-state index in [-0.39, 0.29) is 23.0 Å². The first-order chi connectivity index (χ1) is 13.6. The number of anilines is 2. The number of aromatic nitrogens is 4. The zero-order chi connectivity index (χ0) is 22.0. The van der Waals surface area contributed by atoms with Crippen molar-refractivity contribution in [2.24, 2.45) is 0 Å². The highest BCUT2D eigenvalue weighted by molar-refractivity contribution is 7.10. The highest BCUT2D eigenvalue weighted by Crippen LogP contribution is 2.20. The summed E-state index contributed by atoms with van der Waals surface area (Å²) in [6.07, 6.45) is -0.668. The molecule has 1 amide bonds. The molecule has 0 saturated carbocycles. The van der Waals surface area contributed by atoms with E-state index in [9.17, 15) is 14.4 Å². The van der Waals surface area contributed by atoms with Gasteiger partial charge in [0.15, 0.2) is 5.00 Å². The molecule has 0 fully saturated rings. The van der Waals surface area contributed by atoms with Crippen LogP contribution in [0.25, 0.3) is 0 Å². The Morgan fingerprint density at radius 2 is 1.48 bits per heavy atom. The molecule has 0 saturated heterocycles. The molecule has 0 bridgehead atoms. The number of esters is 2. The maximum absolute atomic E-state index is 11.5. The summed E-state index contributed by atoms with van der Waals surface area (Å²) in [4.78, 5) is 33.9. The molecule has 2 aromatic rings. The van der Waals surface area contributed by atoms with E-state index in [1.165, 1.54) is 0 Å². The zero-order valence-corrected chi connectivity index (χ0v) is 18.2. The van der Waals surface area contributed by atoms with E-state index in [1.54, 1.807) is 34.6 Å². The number of rotatable bonds is 5. The largest absolute Gasteiger partial charge is 0.461 e. The van der Waals surface area contributed by atoms with Gasteiger partial charge >= 0.3 is 18.0 Å². The minimum Gasteiger partial charge on any atom is -0.461 e. The number of ether oxygens (including phenoxy) is 3. The van der Waals surface area contributed by atoms with E-state index in [4.69, 9.17) is 15.2 Å². The number of nitrogens with zero attached hydrogens (tertiary/aromatic N) is 4. The Morgan fingerprint density at radius 1 is 0.966 bits per heavy atom. The third-order valence-electron chi connectivity index (χ3n) is 2.55. The van der Waals surface area contributed by atoms with E-state index < -0.39 is 23.6 Å². The van der Waals surface area contributed by atoms with Gasteiger partial charge in [-0.05, 0) is 34.6 Å². The lowest BCUT2D eigenvalue weighted by Crippen LogP contribution is -2.27. The van der Waals surface area contributed by atoms with E-state index in [2.05, 4.69) is 29.2 Å². The highest BCUT2D eigenvalue weighted by Gasteiger charge is 2.22. The van der Waals surface area contributed by atoms with Crippen LogP contribution in [-0.2, 0) is 14.2 Å². The Morgan fingerprint density at radius 3 is 1.97 bits per heavy atom. The van der Waals surface area contributed by atoms with E-state index in [0.29, 0.717) is 11.6 Å². The molecule has 3 N–H and O–H groups in total. The number of carbonyl (C=O) groups is 3. The summed E-state index contributed by atoms with van der Waals surface area (Å²) in [5.74, 6) is -1.14. The smallest absolute Gasteiger partial charge is 0.412 e. The van der Waals surface area contributed by atoms with Crippen molar-refractivity contribution in [3.05, 3.63) is 11.4 Å². The van der Waals surface area contributed by atoms with E-state index in [1.807, 2.05) is 0 Å². The molecule has 2 aromatic heterocycles. The van der Waals surface area contributed by atoms with Crippen molar-refractivity contribution < 1.29 is 28.6 Å². The predicted molar refractivity (Wildman–Crippen MR) is 106 cm³/mol. The Labute approximate surface area is 175 Å². The number of hydrogen-bond acceptors (Lipinski definition) is 13. The number of nitrogens with one attached hydrogen (secondary N) is 1. The Balaban J connectivity index is 0.000000326. The van der Waals surface area contributed by atoms with Crippen molar-refractivity contribution in [3.8, 4) is 0 Å². The molecule has 0 radical (unpaired) electrons. The molecule has 2 rings (SSSR count). The molecule has 0 aliphatic heterocycles. The first kappa shape index (κ1) is 24.2. The van der Waals surface area contributed by atoms with E-state index >= 15 is 0 Å². The second-order valence-corrected chi connectivity index (χ2v) is 7.54. The number of nitrogen functional groups attached to an aromatic ring is 1. The van der Waals surface area contributed by atoms with Gasteiger partial charge < -0.3 is 19.9 Å². The van der Waals surface area contributed by atoms with Gasteiger partial charge in [-0.25, -0.2) is 14.4 Å². The maximum Gasteiger partial charge on any atom is 0.412 e. The molecule has 0 aromatic carbocycles. The highest BCUT2D eigenvalue weighted by atomic mass is 32.1. The van der Waals surface area contributed by atoms with Crippen molar-refractivity contribution in [3.63, 3.8) is 0 Å². The fourth-order valence-electron chi connectivity index (χ4n) is 1.54. The van der Waals surface area contributed by atoms with Gasteiger partial charge in [0.1, 0.15) is 10.6 Å². The van der Waals surface area contributed by atoms with Crippen LogP contribution < -0.4 is 11.1 Å². The van der Waals surface area contributed by atoms with Crippen LogP contribution in [0.15, 0.2) is 0 Å². The summed E-state index contributed by atoms with van der Waals surface area (Å²) in [5.41, 5.74) is 4.83. The average Bonchev–Trinajstić information content (AvgIpc) is 3.23. The first-order valence-corrected chi connectivity index (χ1v) is 9.88. The van der Waals surface area contributed by atoms with Crippen LogP contribution in [0, 0.1) is 0 Å². The first-order valence-electron chi connectivity index (χ1n) is 8.33. The quantitative estimate of drug-likeness (QED) is 0.510. The Kier molecular flexibility index (Phi) is 9.34. The second kappa shape index (κ2) is 11.2. The van der Waals surface area contributed by atoms with E-state index in [0.717, 1.165) is 23.1 Å². The lowest BCUT2D eigenvalue weighted by atomic mass is 10.2. The third-order valence-corrected chi connectivity index (χ3v) is 3.75. The maximum atomic E-state index is 11.5. The Hall–Kier alpha value is -2.87. The monoisotopic (exact) mass is 446 g/mol. The summed E-state index contributed by atoms with van der Waals surface area (Å²) in [7, 11) is 0. The van der Waals surface area contributed by atoms with Gasteiger partial charge in [0.05, 0.1) is 13.2 Å². The molecule has 160 valence electrons. The van der Waals surface area contributed by atoms with Gasteiger partial charge in [-0.1, -0.05) is 8.98 Å². The summed E-state index contributed by atoms with van der Waals surface area (Å²) in [5, 5.41) is 10.0. The van der Waals surface area contributed by atoms with Crippen LogP contribution in [0.5, 0.6) is 0 Å². The van der Waals surface area contributed by atoms with Crippen molar-refractivity contribution in [1.29, 1.82) is 0 Å². The Bertz CT molecular complexity index is 831. The molecule has 0 spiro atoms. The van der Waals surface area contributed by atoms with Gasteiger partial charge in [-0.3, -0.25) is 5.32 Å². The van der Waals surface area contributed by atoms with Crippen LogP contribution in [0.2, 0.25) is 0 Å². The second-order valence-electron chi connectivity index (χ2n) is 6.00. The lowest BCUT2D eigenvalue weighted by molar-refractivity contribution is 0.0510.